The van der Waals surface area contributed by atoms with Crippen molar-refractivity contribution in [3.8, 4) is 5.75 Å². The van der Waals surface area contributed by atoms with Crippen molar-refractivity contribution in [2.45, 2.75) is 45.8 Å². The van der Waals surface area contributed by atoms with Crippen molar-refractivity contribution in [2.75, 3.05) is 6.61 Å². The molecule has 0 heterocycles. The first kappa shape index (κ1) is 24.2. The summed E-state index contributed by atoms with van der Waals surface area (Å²) in [6.45, 7) is 5.05. The molecule has 30 heavy (non-hydrogen) atoms. The molecular formula is C22H25BrClFN2O3. The molecule has 2 rings (SSSR count). The van der Waals surface area contributed by atoms with Crippen LogP contribution in [0, 0.1) is 5.82 Å². The highest BCUT2D eigenvalue weighted by Crippen LogP contribution is 2.27. The lowest BCUT2D eigenvalue weighted by Crippen LogP contribution is -2.50. The van der Waals surface area contributed by atoms with E-state index < -0.39 is 17.8 Å². The maximum atomic E-state index is 14.2. The number of rotatable bonds is 9. The Labute approximate surface area is 189 Å². The van der Waals surface area contributed by atoms with Gasteiger partial charge in [-0.2, -0.15) is 0 Å². The van der Waals surface area contributed by atoms with Gasteiger partial charge in [0.05, 0.1) is 5.02 Å². The highest BCUT2D eigenvalue weighted by atomic mass is 79.9. The maximum absolute atomic E-state index is 14.2. The van der Waals surface area contributed by atoms with Crippen LogP contribution in [0.4, 0.5) is 4.39 Å². The number of amides is 2. The molecule has 2 aromatic carbocycles. The normalized spacial score (nSPS) is 12.7. The van der Waals surface area contributed by atoms with Crippen molar-refractivity contribution >= 4 is 39.3 Å². The molecule has 2 atom stereocenters. The number of carbonyl (C=O) groups excluding carboxylic acids is 2. The summed E-state index contributed by atoms with van der Waals surface area (Å²) in [5, 5.41) is 3.21. The van der Waals surface area contributed by atoms with Crippen LogP contribution >= 0.6 is 27.5 Å². The van der Waals surface area contributed by atoms with Gasteiger partial charge in [-0.3, -0.25) is 9.59 Å². The van der Waals surface area contributed by atoms with Crippen LogP contribution in [0.5, 0.6) is 5.75 Å². The van der Waals surface area contributed by atoms with E-state index in [0.717, 1.165) is 10.9 Å². The summed E-state index contributed by atoms with van der Waals surface area (Å²) in [4.78, 5) is 26.9. The SMILES string of the molecule is CC[C@H](C)NC(=O)[C@@H](C)N(Cc1ccccc1F)C(=O)COc1ccc(Br)cc1Cl. The Morgan fingerprint density at radius 2 is 1.93 bits per heavy atom. The Morgan fingerprint density at radius 3 is 2.57 bits per heavy atom. The van der Waals surface area contributed by atoms with Crippen LogP contribution in [0.15, 0.2) is 46.9 Å². The third-order valence-electron chi connectivity index (χ3n) is 4.71. The lowest BCUT2D eigenvalue weighted by Gasteiger charge is -2.29. The molecule has 8 heteroatoms. The molecule has 0 saturated carbocycles. The summed E-state index contributed by atoms with van der Waals surface area (Å²) in [5.41, 5.74) is 0.315. The molecule has 2 amide bonds. The van der Waals surface area contributed by atoms with E-state index in [4.69, 9.17) is 16.3 Å². The molecule has 0 aliphatic rings. The zero-order chi connectivity index (χ0) is 22.3. The smallest absolute Gasteiger partial charge is 0.261 e. The van der Waals surface area contributed by atoms with Crippen LogP contribution in [-0.4, -0.2) is 35.4 Å². The average molecular weight is 500 g/mol. The third kappa shape index (κ3) is 6.71. The Morgan fingerprint density at radius 1 is 1.23 bits per heavy atom. The summed E-state index contributed by atoms with van der Waals surface area (Å²) in [7, 11) is 0. The van der Waals surface area contributed by atoms with E-state index in [1.54, 1.807) is 43.3 Å². The zero-order valence-corrected chi connectivity index (χ0v) is 19.5. The minimum atomic E-state index is -0.810. The first-order chi connectivity index (χ1) is 14.2. The molecule has 0 spiro atoms. The topological polar surface area (TPSA) is 58.6 Å². The third-order valence-corrected chi connectivity index (χ3v) is 5.50. The summed E-state index contributed by atoms with van der Waals surface area (Å²) in [6.07, 6.45) is 0.755. The highest BCUT2D eigenvalue weighted by molar-refractivity contribution is 9.10. The monoisotopic (exact) mass is 498 g/mol. The summed E-state index contributed by atoms with van der Waals surface area (Å²) in [6, 6.07) is 10.3. The van der Waals surface area contributed by atoms with Crippen LogP contribution in [0.1, 0.15) is 32.8 Å². The number of halogens is 3. The molecule has 0 aliphatic heterocycles. The van der Waals surface area contributed by atoms with Gasteiger partial charge in [0.1, 0.15) is 17.6 Å². The van der Waals surface area contributed by atoms with Gasteiger partial charge in [0.15, 0.2) is 6.61 Å². The number of benzene rings is 2. The number of carbonyl (C=O) groups is 2. The Bertz CT molecular complexity index is 896. The maximum Gasteiger partial charge on any atom is 0.261 e. The summed E-state index contributed by atoms with van der Waals surface area (Å²) in [5.74, 6) is -0.864. The minimum Gasteiger partial charge on any atom is -0.482 e. The second-order valence-corrected chi connectivity index (χ2v) is 8.29. The van der Waals surface area contributed by atoms with E-state index in [0.29, 0.717) is 16.3 Å². The van der Waals surface area contributed by atoms with Crippen LogP contribution < -0.4 is 10.1 Å². The lowest BCUT2D eigenvalue weighted by molar-refractivity contribution is -0.142. The molecule has 0 unspecified atom stereocenters. The van der Waals surface area contributed by atoms with Gasteiger partial charge in [0.2, 0.25) is 5.91 Å². The van der Waals surface area contributed by atoms with Crippen LogP contribution in [0.25, 0.3) is 0 Å². The Kier molecular flexibility index (Phi) is 9.11. The number of nitrogens with one attached hydrogen (secondary N) is 1. The van der Waals surface area contributed by atoms with Gasteiger partial charge in [0, 0.05) is 22.6 Å². The summed E-state index contributed by atoms with van der Waals surface area (Å²) < 4.78 is 20.5. The average Bonchev–Trinajstić information content (AvgIpc) is 2.71. The molecule has 0 aliphatic carbocycles. The predicted molar refractivity (Wildman–Crippen MR) is 119 cm³/mol. The van der Waals surface area contributed by atoms with Crippen LogP contribution in [0.2, 0.25) is 5.02 Å². The molecule has 0 radical (unpaired) electrons. The van der Waals surface area contributed by atoms with Crippen molar-refractivity contribution in [3.05, 3.63) is 63.3 Å². The molecule has 5 nitrogen and oxygen atoms in total. The number of hydrogen-bond acceptors (Lipinski definition) is 3. The fraction of sp³-hybridized carbons (Fsp3) is 0.364. The van der Waals surface area contributed by atoms with Gasteiger partial charge in [-0.15, -0.1) is 0 Å². The van der Waals surface area contributed by atoms with E-state index >= 15 is 0 Å². The van der Waals surface area contributed by atoms with E-state index in [-0.39, 0.29) is 25.1 Å². The first-order valence-corrected chi connectivity index (χ1v) is 10.8. The van der Waals surface area contributed by atoms with E-state index in [1.165, 1.54) is 11.0 Å². The second-order valence-electron chi connectivity index (χ2n) is 6.97. The quantitative estimate of drug-likeness (QED) is 0.531. The van der Waals surface area contributed by atoms with Crippen LogP contribution in [-0.2, 0) is 16.1 Å². The van der Waals surface area contributed by atoms with Crippen molar-refractivity contribution < 1.29 is 18.7 Å². The number of ether oxygens (including phenoxy) is 1. The largest absolute Gasteiger partial charge is 0.482 e. The fourth-order valence-electron chi connectivity index (χ4n) is 2.67. The molecule has 162 valence electrons. The van der Waals surface area contributed by atoms with E-state index in [2.05, 4.69) is 21.2 Å². The standard InChI is InChI=1S/C22H25BrClFN2O3/c1-4-14(2)26-22(29)15(3)27(12-16-7-5-6-8-19(16)25)21(28)13-30-20-10-9-17(23)11-18(20)24/h5-11,14-15H,4,12-13H2,1-3H3,(H,26,29)/t14-,15+/m0/s1. The fourth-order valence-corrected chi connectivity index (χ4v) is 3.40. The van der Waals surface area contributed by atoms with Gasteiger partial charge >= 0.3 is 0 Å². The minimum absolute atomic E-state index is 0.0387. The molecule has 0 bridgehead atoms. The van der Waals surface area contributed by atoms with Gasteiger partial charge in [0.25, 0.3) is 5.91 Å². The summed E-state index contributed by atoms with van der Waals surface area (Å²) >= 11 is 9.44. The van der Waals surface area contributed by atoms with Gasteiger partial charge in [-0.25, -0.2) is 4.39 Å². The van der Waals surface area contributed by atoms with Crippen molar-refractivity contribution in [2.24, 2.45) is 0 Å². The van der Waals surface area contributed by atoms with Crippen LogP contribution in [0.3, 0.4) is 0 Å². The second kappa shape index (κ2) is 11.3. The zero-order valence-electron chi connectivity index (χ0n) is 17.1. The molecule has 0 aromatic heterocycles. The Hall–Kier alpha value is -2.12. The van der Waals surface area contributed by atoms with E-state index in [9.17, 15) is 14.0 Å². The number of hydrogen-bond donors (Lipinski definition) is 1. The molecule has 0 fully saturated rings. The van der Waals surface area contributed by atoms with Crippen molar-refractivity contribution in [1.29, 1.82) is 0 Å². The van der Waals surface area contributed by atoms with Gasteiger partial charge in [-0.1, -0.05) is 52.7 Å². The predicted octanol–water partition coefficient (Wildman–Crippen LogP) is 4.95. The lowest BCUT2D eigenvalue weighted by atomic mass is 10.1. The van der Waals surface area contributed by atoms with Gasteiger partial charge < -0.3 is 15.0 Å². The Balaban J connectivity index is 2.19. The van der Waals surface area contributed by atoms with Crippen molar-refractivity contribution in [3.63, 3.8) is 0 Å². The van der Waals surface area contributed by atoms with Gasteiger partial charge in [-0.05, 0) is 44.5 Å². The number of nitrogens with zero attached hydrogens (tertiary/aromatic N) is 1. The van der Waals surface area contributed by atoms with Crippen molar-refractivity contribution in [1.82, 2.24) is 10.2 Å². The molecular weight excluding hydrogens is 475 g/mol. The first-order valence-electron chi connectivity index (χ1n) is 9.64. The molecule has 1 N–H and O–H groups in total. The highest BCUT2D eigenvalue weighted by Gasteiger charge is 2.28. The molecule has 2 aromatic rings. The van der Waals surface area contributed by atoms with E-state index in [1.807, 2.05) is 13.8 Å². The molecule has 0 saturated heterocycles.